The number of nitrogens with zero attached hydrogens (tertiary/aromatic N) is 3. The number of amides is 1. The van der Waals surface area contributed by atoms with Crippen LogP contribution in [0.5, 0.6) is 0 Å². The first kappa shape index (κ1) is 19.7. The van der Waals surface area contributed by atoms with Crippen LogP contribution in [0.3, 0.4) is 0 Å². The summed E-state index contributed by atoms with van der Waals surface area (Å²) in [6.07, 6.45) is -2.78. The predicted octanol–water partition coefficient (Wildman–Crippen LogP) is 3.14. The molecule has 1 atom stereocenters. The molecule has 2 rings (SSSR count). The summed E-state index contributed by atoms with van der Waals surface area (Å²) < 4.78 is 41.4. The Hall–Kier alpha value is -2.58. The van der Waals surface area contributed by atoms with Gasteiger partial charge >= 0.3 is 12.1 Å². The first-order valence-electron chi connectivity index (χ1n) is 8.15. The summed E-state index contributed by atoms with van der Waals surface area (Å²) >= 11 is 0. The van der Waals surface area contributed by atoms with Gasteiger partial charge in [0.1, 0.15) is 0 Å². The van der Waals surface area contributed by atoms with Crippen molar-refractivity contribution < 1.29 is 22.5 Å². The second kappa shape index (κ2) is 8.20. The predicted molar refractivity (Wildman–Crippen MR) is 89.6 cm³/mol. The Morgan fingerprint density at radius 1 is 1.23 bits per heavy atom. The van der Waals surface area contributed by atoms with Gasteiger partial charge < -0.3 is 15.2 Å². The fraction of sp³-hybridized carbons (Fsp3) is 0.471. The quantitative estimate of drug-likeness (QED) is 0.722. The van der Waals surface area contributed by atoms with Crippen molar-refractivity contribution in [3.63, 3.8) is 0 Å². The zero-order valence-electron chi connectivity index (χ0n) is 14.6. The summed E-state index contributed by atoms with van der Waals surface area (Å²) in [7, 11) is 3.84. The van der Waals surface area contributed by atoms with Crippen LogP contribution in [-0.4, -0.2) is 30.1 Å². The molecule has 1 aromatic heterocycles. The average Bonchev–Trinajstić information content (AvgIpc) is 3.04. The molecule has 9 heteroatoms. The SMILES string of the molecule is CN(C)c1ccc(C(CCCCc2noc(C(F)(F)F)n2)C(N)=O)cc1. The zero-order chi connectivity index (χ0) is 19.3. The number of hydrogen-bond donors (Lipinski definition) is 1. The largest absolute Gasteiger partial charge is 0.471 e. The van der Waals surface area contributed by atoms with Crippen LogP contribution in [-0.2, 0) is 17.4 Å². The van der Waals surface area contributed by atoms with Crippen LogP contribution in [0.25, 0.3) is 0 Å². The Balaban J connectivity index is 1.89. The highest BCUT2D eigenvalue weighted by atomic mass is 19.4. The Bertz CT molecular complexity index is 726. The van der Waals surface area contributed by atoms with Gasteiger partial charge in [0.25, 0.3) is 0 Å². The number of halogens is 3. The van der Waals surface area contributed by atoms with Gasteiger partial charge in [0.15, 0.2) is 5.82 Å². The molecule has 0 spiro atoms. The molecule has 6 nitrogen and oxygen atoms in total. The van der Waals surface area contributed by atoms with Crippen molar-refractivity contribution in [3.05, 3.63) is 41.5 Å². The maximum Gasteiger partial charge on any atom is 0.471 e. The minimum absolute atomic E-state index is 0.00304. The van der Waals surface area contributed by atoms with E-state index >= 15 is 0 Å². The summed E-state index contributed by atoms with van der Waals surface area (Å²) in [6.45, 7) is 0. The summed E-state index contributed by atoms with van der Waals surface area (Å²) in [5.41, 5.74) is 7.33. The number of aromatic nitrogens is 2. The number of aryl methyl sites for hydroxylation is 1. The third-order valence-corrected chi connectivity index (χ3v) is 4.01. The number of nitrogens with two attached hydrogens (primary N) is 1. The Morgan fingerprint density at radius 2 is 1.88 bits per heavy atom. The monoisotopic (exact) mass is 370 g/mol. The van der Waals surface area contributed by atoms with Crippen LogP contribution in [0.4, 0.5) is 18.9 Å². The molecule has 26 heavy (non-hydrogen) atoms. The Kier molecular flexibility index (Phi) is 6.23. The minimum Gasteiger partial charge on any atom is -0.378 e. The number of primary amides is 1. The highest BCUT2D eigenvalue weighted by Crippen LogP contribution is 2.28. The fourth-order valence-corrected chi connectivity index (χ4v) is 2.58. The van der Waals surface area contributed by atoms with Gasteiger partial charge in [-0.2, -0.15) is 18.2 Å². The molecule has 0 saturated heterocycles. The first-order valence-corrected chi connectivity index (χ1v) is 8.15. The molecule has 1 amide bonds. The minimum atomic E-state index is -4.64. The highest BCUT2D eigenvalue weighted by molar-refractivity contribution is 5.82. The third-order valence-electron chi connectivity index (χ3n) is 4.01. The van der Waals surface area contributed by atoms with Crippen LogP contribution in [0.1, 0.15) is 42.5 Å². The zero-order valence-corrected chi connectivity index (χ0v) is 14.6. The average molecular weight is 370 g/mol. The molecule has 1 heterocycles. The molecule has 2 aromatic rings. The maximum absolute atomic E-state index is 12.4. The highest BCUT2D eigenvalue weighted by Gasteiger charge is 2.38. The lowest BCUT2D eigenvalue weighted by Gasteiger charge is -2.16. The molecule has 0 aliphatic carbocycles. The van der Waals surface area contributed by atoms with E-state index in [4.69, 9.17) is 5.73 Å². The Labute approximate surface area is 149 Å². The van der Waals surface area contributed by atoms with Crippen LogP contribution in [0.15, 0.2) is 28.8 Å². The second-order valence-corrected chi connectivity index (χ2v) is 6.20. The maximum atomic E-state index is 12.4. The van der Waals surface area contributed by atoms with Crippen molar-refractivity contribution in [2.45, 2.75) is 37.8 Å². The summed E-state index contributed by atoms with van der Waals surface area (Å²) in [6, 6.07) is 7.53. The van der Waals surface area contributed by atoms with Gasteiger partial charge in [0, 0.05) is 26.2 Å². The van der Waals surface area contributed by atoms with E-state index in [-0.39, 0.29) is 12.2 Å². The van der Waals surface area contributed by atoms with Gasteiger partial charge in [-0.1, -0.05) is 23.7 Å². The van der Waals surface area contributed by atoms with Crippen LogP contribution in [0.2, 0.25) is 0 Å². The molecule has 142 valence electrons. The van der Waals surface area contributed by atoms with E-state index in [9.17, 15) is 18.0 Å². The molecule has 0 radical (unpaired) electrons. The summed E-state index contributed by atoms with van der Waals surface area (Å²) in [4.78, 5) is 17.0. The standard InChI is InChI=1S/C17H21F3N4O2/c1-24(2)12-9-7-11(8-10-12)13(15(21)25)5-3-4-6-14-22-16(26-23-14)17(18,19)20/h7-10,13H,3-6H2,1-2H3,(H2,21,25). The lowest BCUT2D eigenvalue weighted by Crippen LogP contribution is -2.21. The van der Waals surface area contributed by atoms with Gasteiger partial charge in [0.2, 0.25) is 5.91 Å². The van der Waals surface area contributed by atoms with Crippen LogP contribution in [0, 0.1) is 0 Å². The van der Waals surface area contributed by atoms with E-state index in [0.717, 1.165) is 11.3 Å². The normalized spacial score (nSPS) is 12.8. The molecule has 2 N–H and O–H groups in total. The van der Waals surface area contributed by atoms with E-state index in [1.165, 1.54) is 0 Å². The number of carbonyl (C=O) groups excluding carboxylic acids is 1. The van der Waals surface area contributed by atoms with Crippen molar-refractivity contribution in [1.29, 1.82) is 0 Å². The van der Waals surface area contributed by atoms with Gasteiger partial charge in [-0.3, -0.25) is 4.79 Å². The lowest BCUT2D eigenvalue weighted by atomic mass is 9.92. The molecule has 1 aromatic carbocycles. The number of benzene rings is 1. The van der Waals surface area contributed by atoms with Gasteiger partial charge in [-0.15, -0.1) is 0 Å². The topological polar surface area (TPSA) is 85.2 Å². The van der Waals surface area contributed by atoms with Gasteiger partial charge in [-0.25, -0.2) is 0 Å². The van der Waals surface area contributed by atoms with E-state index in [1.54, 1.807) is 0 Å². The van der Waals surface area contributed by atoms with E-state index in [0.29, 0.717) is 19.3 Å². The van der Waals surface area contributed by atoms with Crippen LogP contribution >= 0.6 is 0 Å². The molecule has 0 bridgehead atoms. The van der Waals surface area contributed by atoms with E-state index in [1.807, 2.05) is 43.3 Å². The number of alkyl halides is 3. The van der Waals surface area contributed by atoms with Crippen molar-refractivity contribution in [2.75, 3.05) is 19.0 Å². The molecular formula is C17H21F3N4O2. The molecule has 1 unspecified atom stereocenters. The Morgan fingerprint density at radius 3 is 2.38 bits per heavy atom. The lowest BCUT2D eigenvalue weighted by molar-refractivity contribution is -0.159. The second-order valence-electron chi connectivity index (χ2n) is 6.20. The first-order chi connectivity index (χ1) is 12.2. The van der Waals surface area contributed by atoms with Crippen LogP contribution < -0.4 is 10.6 Å². The fourth-order valence-electron chi connectivity index (χ4n) is 2.58. The number of anilines is 1. The summed E-state index contributed by atoms with van der Waals surface area (Å²) in [5, 5.41) is 3.32. The van der Waals surface area contributed by atoms with Crippen molar-refractivity contribution in [2.24, 2.45) is 5.73 Å². The van der Waals surface area contributed by atoms with Crippen molar-refractivity contribution >= 4 is 11.6 Å². The summed E-state index contributed by atoms with van der Waals surface area (Å²) in [5.74, 6) is -2.21. The van der Waals surface area contributed by atoms with Crippen molar-refractivity contribution in [3.8, 4) is 0 Å². The van der Waals surface area contributed by atoms with Gasteiger partial charge in [0.05, 0.1) is 5.92 Å². The van der Waals surface area contributed by atoms with E-state index in [2.05, 4.69) is 14.7 Å². The molecule has 0 fully saturated rings. The van der Waals surface area contributed by atoms with Gasteiger partial charge in [-0.05, 0) is 30.5 Å². The molecule has 0 aliphatic rings. The smallest absolute Gasteiger partial charge is 0.378 e. The molecule has 0 aliphatic heterocycles. The van der Waals surface area contributed by atoms with E-state index < -0.39 is 23.9 Å². The third kappa shape index (κ3) is 5.21. The molecule has 0 saturated carbocycles. The molecular weight excluding hydrogens is 349 g/mol. The number of unbranched alkanes of at least 4 members (excludes halogenated alkanes) is 1. The number of carbonyl (C=O) groups is 1. The van der Waals surface area contributed by atoms with Crippen molar-refractivity contribution in [1.82, 2.24) is 10.1 Å². The number of rotatable bonds is 8. The number of hydrogen-bond acceptors (Lipinski definition) is 5.